The number of ether oxygens (including phenoxy) is 1. The van der Waals surface area contributed by atoms with Crippen molar-refractivity contribution in [3.05, 3.63) is 27.7 Å². The lowest BCUT2D eigenvalue weighted by Gasteiger charge is -2.06. The first-order chi connectivity index (χ1) is 7.10. The van der Waals surface area contributed by atoms with Crippen molar-refractivity contribution in [3.63, 3.8) is 0 Å². The van der Waals surface area contributed by atoms with Crippen LogP contribution in [0.1, 0.15) is 22.8 Å². The van der Waals surface area contributed by atoms with E-state index in [-0.39, 0.29) is 17.7 Å². The Morgan fingerprint density at radius 1 is 1.67 bits per heavy atom. The smallest absolute Gasteiger partial charge is 0.339 e. The van der Waals surface area contributed by atoms with Gasteiger partial charge < -0.3 is 4.74 Å². The van der Waals surface area contributed by atoms with Gasteiger partial charge in [0, 0.05) is 9.37 Å². The Bertz CT molecular complexity index is 440. The molecule has 0 saturated heterocycles. The number of hydrogen-bond donors (Lipinski definition) is 1. The molecule has 0 aliphatic rings. The highest BCUT2D eigenvalue weighted by Crippen LogP contribution is 2.24. The standard InChI is InChI=1S/C10H8BrNO2S/c1-2-14-10(13)7-3-6(15)4-9(11)8(7)5-12/h3-4,15H,2H2,1H3. The van der Waals surface area contributed by atoms with Crippen LogP contribution in [-0.4, -0.2) is 12.6 Å². The molecule has 5 heteroatoms. The quantitative estimate of drug-likeness (QED) is 0.672. The van der Waals surface area contributed by atoms with Gasteiger partial charge in [-0.2, -0.15) is 5.26 Å². The molecule has 0 unspecified atom stereocenters. The van der Waals surface area contributed by atoms with Crippen molar-refractivity contribution in [2.24, 2.45) is 0 Å². The van der Waals surface area contributed by atoms with Crippen LogP contribution in [0, 0.1) is 11.3 Å². The van der Waals surface area contributed by atoms with Crippen molar-refractivity contribution in [3.8, 4) is 6.07 Å². The fourth-order valence-corrected chi connectivity index (χ4v) is 2.06. The summed E-state index contributed by atoms with van der Waals surface area (Å²) in [6.45, 7) is 1.99. The lowest BCUT2D eigenvalue weighted by molar-refractivity contribution is 0.0525. The molecule has 1 rings (SSSR count). The van der Waals surface area contributed by atoms with Crippen molar-refractivity contribution < 1.29 is 9.53 Å². The van der Waals surface area contributed by atoms with Crippen molar-refractivity contribution in [1.82, 2.24) is 0 Å². The minimum atomic E-state index is -0.509. The van der Waals surface area contributed by atoms with Gasteiger partial charge in [0.25, 0.3) is 0 Å². The van der Waals surface area contributed by atoms with E-state index in [9.17, 15) is 4.79 Å². The van der Waals surface area contributed by atoms with E-state index in [1.54, 1.807) is 13.0 Å². The Morgan fingerprint density at radius 2 is 2.33 bits per heavy atom. The molecule has 0 spiro atoms. The Balaban J connectivity index is 3.28. The normalized spacial score (nSPS) is 9.47. The van der Waals surface area contributed by atoms with E-state index in [1.807, 2.05) is 6.07 Å². The van der Waals surface area contributed by atoms with Gasteiger partial charge in [-0.15, -0.1) is 12.6 Å². The van der Waals surface area contributed by atoms with Crippen LogP contribution >= 0.6 is 28.6 Å². The van der Waals surface area contributed by atoms with Gasteiger partial charge in [0.05, 0.1) is 17.7 Å². The number of carbonyl (C=O) groups is 1. The summed E-state index contributed by atoms with van der Waals surface area (Å²) in [5.74, 6) is -0.509. The zero-order valence-corrected chi connectivity index (χ0v) is 10.4. The fourth-order valence-electron chi connectivity index (χ4n) is 1.08. The summed E-state index contributed by atoms with van der Waals surface area (Å²) < 4.78 is 5.38. The third-order valence-corrected chi connectivity index (χ3v) is 2.57. The van der Waals surface area contributed by atoms with Crippen LogP contribution < -0.4 is 0 Å². The van der Waals surface area contributed by atoms with Crippen molar-refractivity contribution in [2.45, 2.75) is 11.8 Å². The average Bonchev–Trinajstić information content (AvgIpc) is 2.17. The molecule has 0 aliphatic heterocycles. The molecule has 0 atom stereocenters. The van der Waals surface area contributed by atoms with Gasteiger partial charge in [0.2, 0.25) is 0 Å². The largest absolute Gasteiger partial charge is 0.462 e. The summed E-state index contributed by atoms with van der Waals surface area (Å²) in [6, 6.07) is 5.12. The Kier molecular flexibility index (Phi) is 4.18. The zero-order valence-electron chi connectivity index (χ0n) is 7.95. The second-order valence-electron chi connectivity index (χ2n) is 2.68. The summed E-state index contributed by atoms with van der Waals surface area (Å²) in [5, 5.41) is 8.89. The lowest BCUT2D eigenvalue weighted by atomic mass is 10.1. The number of carbonyl (C=O) groups excluding carboxylic acids is 1. The van der Waals surface area contributed by atoms with Crippen LogP contribution in [0.5, 0.6) is 0 Å². The Morgan fingerprint density at radius 3 is 2.87 bits per heavy atom. The maximum atomic E-state index is 11.5. The number of hydrogen-bond acceptors (Lipinski definition) is 4. The summed E-state index contributed by atoms with van der Waals surface area (Å²) in [5.41, 5.74) is 0.505. The second kappa shape index (κ2) is 5.19. The molecule has 0 aromatic heterocycles. The van der Waals surface area contributed by atoms with E-state index in [4.69, 9.17) is 10.00 Å². The van der Waals surface area contributed by atoms with Gasteiger partial charge >= 0.3 is 5.97 Å². The summed E-state index contributed by atoms with van der Waals surface area (Å²) in [4.78, 5) is 12.1. The summed E-state index contributed by atoms with van der Waals surface area (Å²) in [7, 11) is 0. The predicted molar refractivity (Wildman–Crippen MR) is 62.1 cm³/mol. The van der Waals surface area contributed by atoms with Crippen LogP contribution in [0.25, 0.3) is 0 Å². The molecule has 1 aromatic carbocycles. The second-order valence-corrected chi connectivity index (χ2v) is 4.05. The van der Waals surface area contributed by atoms with Crippen LogP contribution in [-0.2, 0) is 4.74 Å². The molecule has 78 valence electrons. The lowest BCUT2D eigenvalue weighted by Crippen LogP contribution is -2.07. The molecule has 0 saturated carbocycles. The van der Waals surface area contributed by atoms with Gasteiger partial charge in [0.15, 0.2) is 0 Å². The van der Waals surface area contributed by atoms with Gasteiger partial charge in [0.1, 0.15) is 6.07 Å². The topological polar surface area (TPSA) is 50.1 Å². The minimum absolute atomic E-state index is 0.235. The number of benzene rings is 1. The van der Waals surface area contributed by atoms with E-state index in [0.717, 1.165) is 0 Å². The first kappa shape index (κ1) is 12.1. The highest BCUT2D eigenvalue weighted by atomic mass is 79.9. The van der Waals surface area contributed by atoms with Crippen molar-refractivity contribution >= 4 is 34.5 Å². The third kappa shape index (κ3) is 2.74. The highest BCUT2D eigenvalue weighted by molar-refractivity contribution is 9.10. The van der Waals surface area contributed by atoms with E-state index >= 15 is 0 Å². The van der Waals surface area contributed by atoms with Crippen LogP contribution in [0.2, 0.25) is 0 Å². The highest BCUT2D eigenvalue weighted by Gasteiger charge is 2.15. The van der Waals surface area contributed by atoms with Gasteiger partial charge in [-0.1, -0.05) is 0 Å². The minimum Gasteiger partial charge on any atom is -0.462 e. The van der Waals surface area contributed by atoms with Gasteiger partial charge in [-0.3, -0.25) is 0 Å². The van der Waals surface area contributed by atoms with Crippen molar-refractivity contribution in [2.75, 3.05) is 6.61 Å². The molecule has 0 amide bonds. The van der Waals surface area contributed by atoms with Crippen LogP contribution in [0.4, 0.5) is 0 Å². The Labute approximate surface area is 102 Å². The van der Waals surface area contributed by atoms with Crippen molar-refractivity contribution in [1.29, 1.82) is 5.26 Å². The van der Waals surface area contributed by atoms with E-state index < -0.39 is 5.97 Å². The first-order valence-electron chi connectivity index (χ1n) is 4.19. The molecule has 0 N–H and O–H groups in total. The molecule has 0 bridgehead atoms. The number of nitrogens with zero attached hydrogens (tertiary/aromatic N) is 1. The number of halogens is 1. The summed E-state index contributed by atoms with van der Waals surface area (Å²) >= 11 is 7.32. The van der Waals surface area contributed by atoms with E-state index in [2.05, 4.69) is 28.6 Å². The molecule has 0 heterocycles. The average molecular weight is 286 g/mol. The predicted octanol–water partition coefficient (Wildman–Crippen LogP) is 2.79. The molecule has 0 aliphatic carbocycles. The maximum Gasteiger partial charge on any atom is 0.339 e. The van der Waals surface area contributed by atoms with Gasteiger partial charge in [-0.25, -0.2) is 4.79 Å². The molecule has 0 fully saturated rings. The molecular formula is C10H8BrNO2S. The summed E-state index contributed by atoms with van der Waals surface area (Å²) in [6.07, 6.45) is 0. The number of rotatable bonds is 2. The SMILES string of the molecule is CCOC(=O)c1cc(S)cc(Br)c1C#N. The Hall–Kier alpha value is -0.990. The zero-order chi connectivity index (χ0) is 11.4. The number of nitriles is 1. The van der Waals surface area contributed by atoms with Crippen LogP contribution in [0.15, 0.2) is 21.5 Å². The third-order valence-electron chi connectivity index (χ3n) is 1.68. The first-order valence-corrected chi connectivity index (χ1v) is 5.44. The molecule has 3 nitrogen and oxygen atoms in total. The molecule has 15 heavy (non-hydrogen) atoms. The van der Waals surface area contributed by atoms with E-state index in [0.29, 0.717) is 9.37 Å². The number of thiol groups is 1. The van der Waals surface area contributed by atoms with Crippen LogP contribution in [0.3, 0.4) is 0 Å². The molecular weight excluding hydrogens is 278 g/mol. The molecule has 1 aromatic rings. The van der Waals surface area contributed by atoms with Gasteiger partial charge in [-0.05, 0) is 35.0 Å². The maximum absolute atomic E-state index is 11.5. The molecule has 0 radical (unpaired) electrons. The number of esters is 1. The monoisotopic (exact) mass is 285 g/mol. The fraction of sp³-hybridized carbons (Fsp3) is 0.200. The van der Waals surface area contributed by atoms with E-state index in [1.165, 1.54) is 6.07 Å².